The molecule has 3 nitrogen and oxygen atoms in total. The largest absolute Gasteiger partial charge is 0.436 e. The summed E-state index contributed by atoms with van der Waals surface area (Å²) in [6.07, 6.45) is 0. The van der Waals surface area contributed by atoms with Gasteiger partial charge in [0.05, 0.1) is 0 Å². The molecule has 100 valence electrons. The molecule has 0 aliphatic rings. The smallest absolute Gasteiger partial charge is 0.219 e. The van der Waals surface area contributed by atoms with Gasteiger partial charge in [-0.1, -0.05) is 6.07 Å². The van der Waals surface area contributed by atoms with Crippen molar-refractivity contribution in [3.8, 4) is 11.6 Å². The number of ether oxygens (including phenoxy) is 1. The number of hydrogen-bond acceptors (Lipinski definition) is 3. The number of rotatable bonds is 4. The number of hydrogen-bond donors (Lipinski definition) is 1. The van der Waals surface area contributed by atoms with Gasteiger partial charge in [0.25, 0.3) is 0 Å². The summed E-state index contributed by atoms with van der Waals surface area (Å²) in [5, 5.41) is 3.07. The zero-order chi connectivity index (χ0) is 13.8. The van der Waals surface area contributed by atoms with Crippen molar-refractivity contribution >= 4 is 0 Å². The number of aromatic nitrogens is 1. The maximum atomic E-state index is 13.6. The lowest BCUT2D eigenvalue weighted by Gasteiger charge is -2.09. The molecule has 19 heavy (non-hydrogen) atoms. The Labute approximate surface area is 112 Å². The van der Waals surface area contributed by atoms with Crippen LogP contribution in [0.3, 0.4) is 0 Å². The average Bonchev–Trinajstić information content (AvgIpc) is 2.33. The minimum atomic E-state index is -0.385. The van der Waals surface area contributed by atoms with Gasteiger partial charge in [-0.15, -0.1) is 0 Å². The van der Waals surface area contributed by atoms with Gasteiger partial charge in [0.15, 0.2) is 11.6 Å². The summed E-state index contributed by atoms with van der Waals surface area (Å²) >= 11 is 0. The molecular formula is C15H17FN2O. The second-order valence-corrected chi connectivity index (χ2v) is 4.52. The van der Waals surface area contributed by atoms with Gasteiger partial charge in [-0.2, -0.15) is 0 Å². The lowest BCUT2D eigenvalue weighted by Crippen LogP contribution is -2.06. The van der Waals surface area contributed by atoms with Crippen molar-refractivity contribution in [1.82, 2.24) is 10.3 Å². The van der Waals surface area contributed by atoms with E-state index in [-0.39, 0.29) is 11.6 Å². The zero-order valence-electron chi connectivity index (χ0n) is 11.3. The first-order valence-electron chi connectivity index (χ1n) is 6.14. The third-order valence-electron chi connectivity index (χ3n) is 2.67. The van der Waals surface area contributed by atoms with Crippen molar-refractivity contribution in [3.05, 3.63) is 53.0 Å². The monoisotopic (exact) mass is 260 g/mol. The molecule has 4 heteroatoms. The summed E-state index contributed by atoms with van der Waals surface area (Å²) in [5.41, 5.74) is 2.84. The van der Waals surface area contributed by atoms with Crippen LogP contribution in [-0.4, -0.2) is 12.0 Å². The number of nitrogens with one attached hydrogen (secondary N) is 1. The number of pyridine rings is 1. The number of halogens is 1. The third kappa shape index (κ3) is 3.51. The van der Waals surface area contributed by atoms with E-state index in [1.807, 2.05) is 33.0 Å². The summed E-state index contributed by atoms with van der Waals surface area (Å²) in [7, 11) is 1.87. The van der Waals surface area contributed by atoms with Crippen LogP contribution in [0.4, 0.5) is 4.39 Å². The van der Waals surface area contributed by atoms with E-state index < -0.39 is 0 Å². The van der Waals surface area contributed by atoms with E-state index in [1.54, 1.807) is 12.1 Å². The van der Waals surface area contributed by atoms with Gasteiger partial charge in [-0.05, 0) is 50.2 Å². The highest BCUT2D eigenvalue weighted by molar-refractivity contribution is 5.34. The fraction of sp³-hybridized carbons (Fsp3) is 0.267. The Morgan fingerprint density at radius 2 is 2.00 bits per heavy atom. The molecule has 0 bridgehead atoms. The first-order valence-corrected chi connectivity index (χ1v) is 6.14. The van der Waals surface area contributed by atoms with Crippen LogP contribution in [0.5, 0.6) is 11.6 Å². The summed E-state index contributed by atoms with van der Waals surface area (Å²) in [5.74, 6) is 0.229. The molecule has 0 radical (unpaired) electrons. The van der Waals surface area contributed by atoms with E-state index in [0.29, 0.717) is 5.88 Å². The summed E-state index contributed by atoms with van der Waals surface area (Å²) in [4.78, 5) is 4.27. The molecule has 1 aromatic heterocycles. The zero-order valence-corrected chi connectivity index (χ0v) is 11.3. The number of aryl methyl sites for hydroxylation is 2. The Hall–Kier alpha value is -1.94. The standard InChI is InChI=1S/C15H17FN2O/c1-10-4-5-13(16)14(6-10)19-15-8-12(9-17-3)7-11(2)18-15/h4-8,17H,9H2,1-3H3. The molecule has 0 saturated heterocycles. The van der Waals surface area contributed by atoms with Crippen molar-refractivity contribution in [2.45, 2.75) is 20.4 Å². The molecule has 0 atom stereocenters. The normalized spacial score (nSPS) is 10.5. The van der Waals surface area contributed by atoms with Crippen LogP contribution in [-0.2, 0) is 6.54 Å². The maximum absolute atomic E-state index is 13.6. The predicted molar refractivity (Wildman–Crippen MR) is 72.9 cm³/mol. The van der Waals surface area contributed by atoms with Crippen LogP contribution in [0.2, 0.25) is 0 Å². The molecule has 0 fully saturated rings. The van der Waals surface area contributed by atoms with Crippen molar-refractivity contribution in [3.63, 3.8) is 0 Å². The second-order valence-electron chi connectivity index (χ2n) is 4.52. The van der Waals surface area contributed by atoms with Crippen molar-refractivity contribution in [1.29, 1.82) is 0 Å². The Morgan fingerprint density at radius 3 is 2.74 bits per heavy atom. The van der Waals surface area contributed by atoms with Gasteiger partial charge >= 0.3 is 0 Å². The maximum Gasteiger partial charge on any atom is 0.219 e. The van der Waals surface area contributed by atoms with Crippen LogP contribution in [0.15, 0.2) is 30.3 Å². The number of benzene rings is 1. The van der Waals surface area contributed by atoms with Gasteiger partial charge in [-0.25, -0.2) is 9.37 Å². The molecule has 0 saturated carbocycles. The first-order chi connectivity index (χ1) is 9.08. The SMILES string of the molecule is CNCc1cc(C)nc(Oc2cc(C)ccc2F)c1. The minimum Gasteiger partial charge on any atom is -0.436 e. The molecule has 2 rings (SSSR count). The molecule has 0 aliphatic carbocycles. The molecule has 1 heterocycles. The molecule has 0 unspecified atom stereocenters. The molecule has 2 aromatic rings. The van der Waals surface area contributed by atoms with Crippen LogP contribution < -0.4 is 10.1 Å². The Kier molecular flexibility index (Phi) is 4.12. The summed E-state index contributed by atoms with van der Waals surface area (Å²) in [6.45, 7) is 4.50. The first kappa shape index (κ1) is 13.5. The fourth-order valence-corrected chi connectivity index (χ4v) is 1.87. The Morgan fingerprint density at radius 1 is 1.21 bits per heavy atom. The highest BCUT2D eigenvalue weighted by atomic mass is 19.1. The molecule has 1 N–H and O–H groups in total. The highest BCUT2D eigenvalue weighted by Crippen LogP contribution is 2.25. The highest BCUT2D eigenvalue weighted by Gasteiger charge is 2.07. The van der Waals surface area contributed by atoms with E-state index in [4.69, 9.17) is 4.74 Å². The van der Waals surface area contributed by atoms with Gasteiger partial charge in [0.1, 0.15) is 0 Å². The Balaban J connectivity index is 2.29. The van der Waals surface area contributed by atoms with Gasteiger partial charge in [0.2, 0.25) is 5.88 Å². The summed E-state index contributed by atoms with van der Waals surface area (Å²) < 4.78 is 19.2. The van der Waals surface area contributed by atoms with E-state index in [9.17, 15) is 4.39 Å². The van der Waals surface area contributed by atoms with Gasteiger partial charge in [-0.3, -0.25) is 0 Å². The minimum absolute atomic E-state index is 0.202. The van der Waals surface area contributed by atoms with Crippen LogP contribution >= 0.6 is 0 Å². The molecule has 0 spiro atoms. The topological polar surface area (TPSA) is 34.2 Å². The molecule has 0 amide bonds. The van der Waals surface area contributed by atoms with E-state index in [1.165, 1.54) is 6.07 Å². The number of nitrogens with zero attached hydrogens (tertiary/aromatic N) is 1. The quantitative estimate of drug-likeness (QED) is 0.915. The lowest BCUT2D eigenvalue weighted by molar-refractivity contribution is 0.425. The molecular weight excluding hydrogens is 243 g/mol. The fourth-order valence-electron chi connectivity index (χ4n) is 1.87. The van der Waals surface area contributed by atoms with E-state index in [0.717, 1.165) is 23.4 Å². The van der Waals surface area contributed by atoms with E-state index in [2.05, 4.69) is 10.3 Å². The van der Waals surface area contributed by atoms with Crippen molar-refractivity contribution in [2.75, 3.05) is 7.05 Å². The van der Waals surface area contributed by atoms with Crippen LogP contribution in [0, 0.1) is 19.7 Å². The van der Waals surface area contributed by atoms with Crippen molar-refractivity contribution in [2.24, 2.45) is 0 Å². The van der Waals surface area contributed by atoms with Crippen LogP contribution in [0.25, 0.3) is 0 Å². The average molecular weight is 260 g/mol. The Bertz CT molecular complexity index is 584. The third-order valence-corrected chi connectivity index (χ3v) is 2.67. The van der Waals surface area contributed by atoms with Gasteiger partial charge in [0, 0.05) is 18.3 Å². The van der Waals surface area contributed by atoms with Crippen molar-refractivity contribution < 1.29 is 9.13 Å². The molecule has 0 aliphatic heterocycles. The lowest BCUT2D eigenvalue weighted by atomic mass is 10.2. The summed E-state index contributed by atoms with van der Waals surface area (Å²) in [6, 6.07) is 8.55. The second kappa shape index (κ2) is 5.80. The van der Waals surface area contributed by atoms with E-state index >= 15 is 0 Å². The predicted octanol–water partition coefficient (Wildman–Crippen LogP) is 3.35. The van der Waals surface area contributed by atoms with Crippen LogP contribution in [0.1, 0.15) is 16.8 Å². The van der Waals surface area contributed by atoms with Gasteiger partial charge < -0.3 is 10.1 Å². The molecule has 1 aromatic carbocycles.